The van der Waals surface area contributed by atoms with E-state index in [2.05, 4.69) is 46.4 Å². The van der Waals surface area contributed by atoms with Gasteiger partial charge in [0.05, 0.1) is 6.61 Å². The van der Waals surface area contributed by atoms with Gasteiger partial charge in [0.15, 0.2) is 5.96 Å². The Morgan fingerprint density at radius 3 is 2.87 bits per heavy atom. The van der Waals surface area contributed by atoms with E-state index >= 15 is 0 Å². The first-order valence-electron chi connectivity index (χ1n) is 8.46. The molecule has 1 saturated heterocycles. The van der Waals surface area contributed by atoms with Crippen molar-refractivity contribution in [3.63, 3.8) is 0 Å². The summed E-state index contributed by atoms with van der Waals surface area (Å²) < 4.78 is 6.02. The molecule has 0 aromatic heterocycles. The maximum Gasteiger partial charge on any atom is 0.191 e. The van der Waals surface area contributed by atoms with Crippen LogP contribution in [-0.2, 0) is 6.42 Å². The van der Waals surface area contributed by atoms with Crippen LogP contribution in [0.1, 0.15) is 32.3 Å². The highest BCUT2D eigenvalue weighted by Crippen LogP contribution is 2.36. The van der Waals surface area contributed by atoms with E-state index in [4.69, 9.17) is 4.74 Å². The first-order chi connectivity index (χ1) is 11.2. The molecule has 4 nitrogen and oxygen atoms in total. The Morgan fingerprint density at radius 1 is 1.35 bits per heavy atom. The molecule has 1 aliphatic heterocycles. The van der Waals surface area contributed by atoms with E-state index in [1.807, 2.05) is 26.1 Å². The summed E-state index contributed by atoms with van der Waals surface area (Å²) in [5, 5.41) is 6.87. The number of nitrogens with zero attached hydrogens (tertiary/aromatic N) is 1. The summed E-state index contributed by atoms with van der Waals surface area (Å²) in [6.45, 7) is 6.86. The Hall–Kier alpha value is -1.36. The number of guanidine groups is 1. The predicted molar refractivity (Wildman–Crippen MR) is 101 cm³/mol. The molecule has 0 bridgehead atoms. The molecule has 1 fully saturated rings. The third-order valence-electron chi connectivity index (χ3n) is 4.11. The van der Waals surface area contributed by atoms with Crippen molar-refractivity contribution in [1.29, 1.82) is 0 Å². The number of nitrogens with one attached hydrogen (secondary N) is 2. The van der Waals surface area contributed by atoms with Crippen LogP contribution in [-0.4, -0.2) is 43.2 Å². The van der Waals surface area contributed by atoms with Crippen molar-refractivity contribution in [2.45, 2.75) is 37.9 Å². The Bertz CT molecular complexity index is 513. The molecule has 1 aromatic carbocycles. The lowest BCUT2D eigenvalue weighted by Crippen LogP contribution is -2.44. The summed E-state index contributed by atoms with van der Waals surface area (Å²) in [6, 6.07) is 8.23. The lowest BCUT2D eigenvalue weighted by Gasteiger charge is -2.24. The number of hydrogen-bond acceptors (Lipinski definition) is 3. The highest BCUT2D eigenvalue weighted by atomic mass is 32.2. The average molecular weight is 336 g/mol. The van der Waals surface area contributed by atoms with E-state index in [9.17, 15) is 0 Å². The Morgan fingerprint density at radius 2 is 2.17 bits per heavy atom. The molecule has 5 heteroatoms. The Kier molecular flexibility index (Phi) is 7.09. The molecular formula is C18H29N3OS. The number of ether oxygens (including phenoxy) is 1. The largest absolute Gasteiger partial charge is 0.494 e. The molecule has 0 saturated carbocycles. The van der Waals surface area contributed by atoms with Gasteiger partial charge in [0.1, 0.15) is 5.75 Å². The second-order valence-corrected chi connectivity index (χ2v) is 7.73. The lowest BCUT2D eigenvalue weighted by atomic mass is 10.1. The second kappa shape index (κ2) is 9.06. The van der Waals surface area contributed by atoms with Crippen molar-refractivity contribution in [2.75, 3.05) is 32.5 Å². The maximum absolute atomic E-state index is 5.67. The van der Waals surface area contributed by atoms with Gasteiger partial charge in [-0.05, 0) is 50.5 Å². The van der Waals surface area contributed by atoms with Crippen LogP contribution < -0.4 is 15.4 Å². The van der Waals surface area contributed by atoms with Crippen LogP contribution in [0.15, 0.2) is 29.3 Å². The van der Waals surface area contributed by atoms with Gasteiger partial charge >= 0.3 is 0 Å². The van der Waals surface area contributed by atoms with Gasteiger partial charge in [-0.2, -0.15) is 11.8 Å². The zero-order valence-corrected chi connectivity index (χ0v) is 15.3. The van der Waals surface area contributed by atoms with Crippen molar-refractivity contribution in [2.24, 2.45) is 4.99 Å². The van der Waals surface area contributed by atoms with Gasteiger partial charge in [-0.3, -0.25) is 4.99 Å². The molecule has 0 amide bonds. The fourth-order valence-electron chi connectivity index (χ4n) is 2.79. The monoisotopic (exact) mass is 335 g/mol. The van der Waals surface area contributed by atoms with E-state index in [0.29, 0.717) is 11.4 Å². The van der Waals surface area contributed by atoms with Crippen LogP contribution in [0.25, 0.3) is 0 Å². The minimum Gasteiger partial charge on any atom is -0.494 e. The van der Waals surface area contributed by atoms with E-state index in [1.165, 1.54) is 24.2 Å². The maximum atomic E-state index is 5.67. The first kappa shape index (κ1) is 18.0. The molecule has 0 spiro atoms. The van der Waals surface area contributed by atoms with Gasteiger partial charge in [0.2, 0.25) is 0 Å². The lowest BCUT2D eigenvalue weighted by molar-refractivity contribution is 0.336. The molecule has 0 aliphatic carbocycles. The molecule has 1 heterocycles. The zero-order chi connectivity index (χ0) is 16.5. The molecule has 1 aromatic rings. The van der Waals surface area contributed by atoms with Crippen LogP contribution in [0.4, 0.5) is 0 Å². The summed E-state index contributed by atoms with van der Waals surface area (Å²) in [7, 11) is 1.83. The molecule has 2 rings (SSSR count). The average Bonchev–Trinajstić information content (AvgIpc) is 2.99. The smallest absolute Gasteiger partial charge is 0.191 e. The molecule has 23 heavy (non-hydrogen) atoms. The van der Waals surface area contributed by atoms with Gasteiger partial charge in [0, 0.05) is 24.9 Å². The minimum absolute atomic E-state index is 0.346. The number of benzene rings is 1. The highest BCUT2D eigenvalue weighted by molar-refractivity contribution is 8.00. The SMILES string of the molecule is CCOc1ccccc1CCNC(=NC)NCC1(C)CCCS1. The minimum atomic E-state index is 0.346. The molecular weight excluding hydrogens is 306 g/mol. The third kappa shape index (κ3) is 5.65. The van der Waals surface area contributed by atoms with Crippen molar-refractivity contribution in [1.82, 2.24) is 10.6 Å². The Labute approximate surface area is 144 Å². The van der Waals surface area contributed by atoms with Crippen LogP contribution in [0.3, 0.4) is 0 Å². The number of para-hydroxylation sites is 1. The van der Waals surface area contributed by atoms with Crippen molar-refractivity contribution >= 4 is 17.7 Å². The number of hydrogen-bond donors (Lipinski definition) is 2. The van der Waals surface area contributed by atoms with Crippen LogP contribution in [0.5, 0.6) is 5.75 Å². The second-order valence-electron chi connectivity index (χ2n) is 6.05. The number of rotatable bonds is 7. The van der Waals surface area contributed by atoms with Crippen molar-refractivity contribution in [3.8, 4) is 5.75 Å². The van der Waals surface area contributed by atoms with Gasteiger partial charge in [-0.1, -0.05) is 18.2 Å². The zero-order valence-electron chi connectivity index (χ0n) is 14.5. The molecule has 1 atom stereocenters. The van der Waals surface area contributed by atoms with Crippen molar-refractivity contribution in [3.05, 3.63) is 29.8 Å². The summed E-state index contributed by atoms with van der Waals surface area (Å²) in [4.78, 5) is 4.32. The number of thioether (sulfide) groups is 1. The summed E-state index contributed by atoms with van der Waals surface area (Å²) in [5.41, 5.74) is 1.23. The van der Waals surface area contributed by atoms with Crippen LogP contribution >= 0.6 is 11.8 Å². The van der Waals surface area contributed by atoms with Crippen LogP contribution in [0, 0.1) is 0 Å². The van der Waals surface area contributed by atoms with E-state index in [1.54, 1.807) is 0 Å². The van der Waals surface area contributed by atoms with Gasteiger partial charge in [-0.15, -0.1) is 0 Å². The summed E-state index contributed by atoms with van der Waals surface area (Å²) in [6.07, 6.45) is 3.52. The predicted octanol–water partition coefficient (Wildman–Crippen LogP) is 3.08. The highest BCUT2D eigenvalue weighted by Gasteiger charge is 2.29. The van der Waals surface area contributed by atoms with E-state index in [-0.39, 0.29) is 0 Å². The summed E-state index contributed by atoms with van der Waals surface area (Å²) >= 11 is 2.06. The van der Waals surface area contributed by atoms with E-state index in [0.717, 1.165) is 31.2 Å². The van der Waals surface area contributed by atoms with E-state index < -0.39 is 0 Å². The van der Waals surface area contributed by atoms with Crippen molar-refractivity contribution < 1.29 is 4.74 Å². The molecule has 1 unspecified atom stereocenters. The fraction of sp³-hybridized carbons (Fsp3) is 0.611. The summed E-state index contributed by atoms with van der Waals surface area (Å²) in [5.74, 6) is 3.14. The molecule has 0 radical (unpaired) electrons. The fourth-order valence-corrected chi connectivity index (χ4v) is 4.03. The third-order valence-corrected chi connectivity index (χ3v) is 5.65. The molecule has 128 valence electrons. The van der Waals surface area contributed by atoms with Gasteiger partial charge in [0.25, 0.3) is 0 Å². The Balaban J connectivity index is 1.77. The first-order valence-corrected chi connectivity index (χ1v) is 9.44. The topological polar surface area (TPSA) is 45.6 Å². The molecule has 2 N–H and O–H groups in total. The van der Waals surface area contributed by atoms with Gasteiger partial charge in [-0.25, -0.2) is 0 Å². The van der Waals surface area contributed by atoms with Gasteiger partial charge < -0.3 is 15.4 Å². The normalized spacial score (nSPS) is 21.3. The van der Waals surface area contributed by atoms with Crippen LogP contribution in [0.2, 0.25) is 0 Å². The standard InChI is InChI=1S/C18H29N3OS/c1-4-22-16-9-6-5-8-15(16)10-12-20-17(19-3)21-14-18(2)11-7-13-23-18/h5-6,8-9H,4,7,10-14H2,1-3H3,(H2,19,20,21). The number of aliphatic imine (C=N–C) groups is 1. The molecule has 1 aliphatic rings. The quantitative estimate of drug-likeness (QED) is 0.594.